The number of nitrogens with zero attached hydrogens (tertiary/aromatic N) is 1. The number of furan rings is 2. The molecule has 0 unspecified atom stereocenters. The van der Waals surface area contributed by atoms with Crippen molar-refractivity contribution in [2.75, 3.05) is 0 Å². The molecule has 0 spiro atoms. The topological polar surface area (TPSA) is 81.4 Å². The van der Waals surface area contributed by atoms with Crippen molar-refractivity contribution in [2.45, 2.75) is 33.2 Å². The number of amides is 1. The molecule has 4 rings (SSSR count). The van der Waals surface area contributed by atoms with Gasteiger partial charge in [-0.3, -0.25) is 4.79 Å². The van der Waals surface area contributed by atoms with Gasteiger partial charge in [0.2, 0.25) is 0 Å². The van der Waals surface area contributed by atoms with Crippen molar-refractivity contribution < 1.29 is 18.2 Å². The van der Waals surface area contributed by atoms with E-state index in [1.54, 1.807) is 18.2 Å². The Labute approximate surface area is 166 Å². The molecule has 7 heteroatoms. The predicted molar refractivity (Wildman–Crippen MR) is 105 cm³/mol. The Kier molecular flexibility index (Phi) is 4.73. The summed E-state index contributed by atoms with van der Waals surface area (Å²) in [7, 11) is 0. The number of halogens is 1. The zero-order valence-corrected chi connectivity index (χ0v) is 16.5. The molecule has 0 fully saturated rings. The fraction of sp³-hybridized carbons (Fsp3) is 0.238. The first-order chi connectivity index (χ1) is 13.4. The van der Waals surface area contributed by atoms with E-state index in [0.29, 0.717) is 23.0 Å². The smallest absolute Gasteiger partial charge is 0.287 e. The average molecular weight is 399 g/mol. The summed E-state index contributed by atoms with van der Waals surface area (Å²) in [6.45, 7) is 5.59. The maximum absolute atomic E-state index is 12.5. The zero-order valence-electron chi connectivity index (χ0n) is 15.7. The molecule has 3 aromatic heterocycles. The van der Waals surface area contributed by atoms with Crippen LogP contribution in [0, 0.1) is 13.8 Å². The summed E-state index contributed by atoms with van der Waals surface area (Å²) in [5.41, 5.74) is 2.51. The van der Waals surface area contributed by atoms with Crippen LogP contribution in [0.3, 0.4) is 0 Å². The van der Waals surface area contributed by atoms with E-state index in [0.717, 1.165) is 28.0 Å². The first-order valence-electron chi connectivity index (χ1n) is 8.91. The minimum Gasteiger partial charge on any atom is -0.459 e. The number of nitrogens with one attached hydrogen (secondary N) is 1. The van der Waals surface area contributed by atoms with Gasteiger partial charge in [0.25, 0.3) is 5.91 Å². The second kappa shape index (κ2) is 7.20. The molecule has 1 N–H and O–H groups in total. The van der Waals surface area contributed by atoms with E-state index >= 15 is 0 Å². The van der Waals surface area contributed by atoms with Crippen molar-refractivity contribution in [1.29, 1.82) is 0 Å². The summed E-state index contributed by atoms with van der Waals surface area (Å²) in [5.74, 6) is 2.00. The third kappa shape index (κ3) is 3.55. The Morgan fingerprint density at radius 1 is 1.18 bits per heavy atom. The van der Waals surface area contributed by atoms with E-state index in [2.05, 4.69) is 10.5 Å². The lowest BCUT2D eigenvalue weighted by molar-refractivity contribution is 0.0906. The van der Waals surface area contributed by atoms with E-state index in [1.165, 1.54) is 0 Å². The molecular weight excluding hydrogens is 380 g/mol. The number of hydrogen-bond donors (Lipinski definition) is 1. The van der Waals surface area contributed by atoms with Crippen LogP contribution in [-0.2, 0) is 6.42 Å². The number of carbonyl (C=O) groups excluding carboxylic acids is 1. The van der Waals surface area contributed by atoms with Crippen molar-refractivity contribution in [3.63, 3.8) is 0 Å². The minimum absolute atomic E-state index is 0.243. The summed E-state index contributed by atoms with van der Waals surface area (Å²) >= 11 is 6.01. The molecule has 0 aliphatic carbocycles. The van der Waals surface area contributed by atoms with Gasteiger partial charge in [-0.15, -0.1) is 0 Å². The number of aryl methyl sites for hydroxylation is 2. The SMILES string of the molecule is Cc1noc(C)c1Cc1ccc(C(=O)N[C@H](C)c2cc3cc(Cl)ccc3o2)o1. The fourth-order valence-corrected chi connectivity index (χ4v) is 3.29. The van der Waals surface area contributed by atoms with Gasteiger partial charge in [-0.25, -0.2) is 0 Å². The first kappa shape index (κ1) is 18.4. The van der Waals surface area contributed by atoms with Crippen molar-refractivity contribution >= 4 is 28.5 Å². The third-order valence-corrected chi connectivity index (χ3v) is 4.92. The van der Waals surface area contributed by atoms with Crippen LogP contribution in [0.4, 0.5) is 0 Å². The molecule has 0 saturated heterocycles. The predicted octanol–water partition coefficient (Wildman–Crippen LogP) is 5.37. The molecule has 1 aromatic carbocycles. The van der Waals surface area contributed by atoms with E-state index in [1.807, 2.05) is 39.0 Å². The highest BCUT2D eigenvalue weighted by molar-refractivity contribution is 6.31. The third-order valence-electron chi connectivity index (χ3n) is 4.69. The Morgan fingerprint density at radius 2 is 2.00 bits per heavy atom. The quantitative estimate of drug-likeness (QED) is 0.489. The Bertz CT molecular complexity index is 1140. The Hall–Kier alpha value is -2.99. The molecule has 4 aromatic rings. The minimum atomic E-state index is -0.324. The number of aromatic nitrogens is 1. The molecule has 1 atom stereocenters. The van der Waals surface area contributed by atoms with Crippen molar-refractivity contribution in [3.05, 3.63) is 75.7 Å². The Morgan fingerprint density at radius 3 is 2.75 bits per heavy atom. The summed E-state index contributed by atoms with van der Waals surface area (Å²) in [5, 5.41) is 8.36. The van der Waals surface area contributed by atoms with E-state index in [-0.39, 0.29) is 17.7 Å². The van der Waals surface area contributed by atoms with Crippen LogP contribution >= 0.6 is 11.6 Å². The average Bonchev–Trinajstić information content (AvgIpc) is 3.36. The largest absolute Gasteiger partial charge is 0.459 e. The molecular formula is C21H19ClN2O4. The Balaban J connectivity index is 1.46. The monoisotopic (exact) mass is 398 g/mol. The van der Waals surface area contributed by atoms with Crippen LogP contribution in [0.5, 0.6) is 0 Å². The molecule has 0 aliphatic rings. The van der Waals surface area contributed by atoms with Gasteiger partial charge in [0.15, 0.2) is 5.76 Å². The van der Waals surface area contributed by atoms with Crippen molar-refractivity contribution in [3.8, 4) is 0 Å². The van der Waals surface area contributed by atoms with Gasteiger partial charge in [0.05, 0.1) is 11.7 Å². The van der Waals surface area contributed by atoms with Crippen LogP contribution in [0.1, 0.15) is 52.1 Å². The summed E-state index contributed by atoms with van der Waals surface area (Å²) in [6, 6.07) is 10.4. The van der Waals surface area contributed by atoms with Gasteiger partial charge in [-0.05, 0) is 57.2 Å². The van der Waals surface area contributed by atoms with Crippen molar-refractivity contribution in [2.24, 2.45) is 0 Å². The molecule has 0 radical (unpaired) electrons. The van der Waals surface area contributed by atoms with Gasteiger partial charge in [-0.1, -0.05) is 16.8 Å². The molecule has 0 aliphatic heterocycles. The van der Waals surface area contributed by atoms with E-state index in [9.17, 15) is 4.79 Å². The van der Waals surface area contributed by atoms with Crippen molar-refractivity contribution in [1.82, 2.24) is 10.5 Å². The highest BCUT2D eigenvalue weighted by Gasteiger charge is 2.19. The maximum atomic E-state index is 12.5. The second-order valence-electron chi connectivity index (χ2n) is 6.77. The molecule has 1 amide bonds. The summed E-state index contributed by atoms with van der Waals surface area (Å²) in [6.07, 6.45) is 0.522. The zero-order chi connectivity index (χ0) is 19.8. The summed E-state index contributed by atoms with van der Waals surface area (Å²) < 4.78 is 16.7. The maximum Gasteiger partial charge on any atom is 0.287 e. The number of hydrogen-bond acceptors (Lipinski definition) is 5. The molecule has 144 valence electrons. The van der Waals surface area contributed by atoms with Gasteiger partial charge in [-0.2, -0.15) is 0 Å². The van der Waals surface area contributed by atoms with Crippen LogP contribution in [0.2, 0.25) is 5.02 Å². The van der Waals surface area contributed by atoms with Gasteiger partial charge in [0.1, 0.15) is 22.9 Å². The first-order valence-corrected chi connectivity index (χ1v) is 9.29. The summed E-state index contributed by atoms with van der Waals surface area (Å²) in [4.78, 5) is 12.5. The molecule has 28 heavy (non-hydrogen) atoms. The normalized spacial score (nSPS) is 12.4. The van der Waals surface area contributed by atoms with E-state index in [4.69, 9.17) is 25.0 Å². The van der Waals surface area contributed by atoms with Crippen LogP contribution in [0.25, 0.3) is 11.0 Å². The highest BCUT2D eigenvalue weighted by atomic mass is 35.5. The van der Waals surface area contributed by atoms with Gasteiger partial charge < -0.3 is 18.7 Å². The lowest BCUT2D eigenvalue weighted by Gasteiger charge is -2.09. The number of fused-ring (bicyclic) bond motifs is 1. The fourth-order valence-electron chi connectivity index (χ4n) is 3.11. The second-order valence-corrected chi connectivity index (χ2v) is 7.21. The standard InChI is InChI=1S/C21H19ClN2O4/c1-11-17(13(3)28-24-11)10-16-5-7-19(26-16)21(25)23-12(2)20-9-14-8-15(22)4-6-18(14)27-20/h4-9,12H,10H2,1-3H3,(H,23,25)/t12-/m1/s1. The molecule has 0 saturated carbocycles. The number of carbonyl (C=O) groups is 1. The lowest BCUT2D eigenvalue weighted by atomic mass is 10.1. The molecule has 6 nitrogen and oxygen atoms in total. The van der Waals surface area contributed by atoms with Gasteiger partial charge in [0, 0.05) is 22.4 Å². The van der Waals surface area contributed by atoms with Crippen LogP contribution in [0.15, 0.2) is 49.8 Å². The molecule has 0 bridgehead atoms. The lowest BCUT2D eigenvalue weighted by Crippen LogP contribution is -2.25. The highest BCUT2D eigenvalue weighted by Crippen LogP contribution is 2.27. The van der Waals surface area contributed by atoms with Gasteiger partial charge >= 0.3 is 0 Å². The van der Waals surface area contributed by atoms with Crippen LogP contribution < -0.4 is 5.32 Å². The van der Waals surface area contributed by atoms with E-state index < -0.39 is 0 Å². The molecule has 3 heterocycles. The van der Waals surface area contributed by atoms with Crippen LogP contribution in [-0.4, -0.2) is 11.1 Å². The number of rotatable bonds is 5. The number of benzene rings is 1.